The summed E-state index contributed by atoms with van der Waals surface area (Å²) in [5.74, 6) is -13.1. The molecule has 0 fully saturated rings. The molecule has 0 radical (unpaired) electrons. The lowest BCUT2D eigenvalue weighted by Gasteiger charge is -2.26. The third-order valence-corrected chi connectivity index (χ3v) is 2.89. The van der Waals surface area contributed by atoms with E-state index in [1.807, 2.05) is 0 Å². The summed E-state index contributed by atoms with van der Waals surface area (Å²) in [6.45, 7) is 0. The van der Waals surface area contributed by atoms with Gasteiger partial charge in [-0.05, 0) is 15.9 Å². The van der Waals surface area contributed by atoms with Crippen molar-refractivity contribution in [1.82, 2.24) is 9.78 Å². The molecule has 0 saturated heterocycles. The first-order valence-corrected chi connectivity index (χ1v) is 5.49. The number of aryl methyl sites for hydroxylation is 1. The summed E-state index contributed by atoms with van der Waals surface area (Å²) < 4.78 is 91.9. The number of aromatic nitrogens is 2. The average Bonchev–Trinajstić information content (AvgIpc) is 2.55. The summed E-state index contributed by atoms with van der Waals surface area (Å²) in [5.41, 5.74) is -2.01. The van der Waals surface area contributed by atoms with Gasteiger partial charge in [-0.25, -0.2) is 9.48 Å². The van der Waals surface area contributed by atoms with Crippen molar-refractivity contribution in [2.45, 2.75) is 18.0 Å². The quantitative estimate of drug-likeness (QED) is 0.635. The Balaban J connectivity index is 3.43. The van der Waals surface area contributed by atoms with Gasteiger partial charge >= 0.3 is 24.2 Å². The van der Waals surface area contributed by atoms with Crippen LogP contribution in [0.25, 0.3) is 0 Å². The molecule has 0 saturated carbocycles. The van der Waals surface area contributed by atoms with Crippen LogP contribution in [0.2, 0.25) is 0 Å². The molecule has 0 spiro atoms. The van der Waals surface area contributed by atoms with E-state index in [1.165, 1.54) is 0 Å². The lowest BCUT2D eigenvalue weighted by atomic mass is 10.1. The SMILES string of the molecule is Cn1nc(C(F)(F)C(F)(F)C(F)(F)F)c(Br)c1OC(=O)O. The molecule has 1 N–H and O–H groups in total. The van der Waals surface area contributed by atoms with Gasteiger partial charge in [-0.3, -0.25) is 0 Å². The zero-order valence-corrected chi connectivity index (χ0v) is 11.3. The van der Waals surface area contributed by atoms with Gasteiger partial charge in [0.15, 0.2) is 5.69 Å². The highest BCUT2D eigenvalue weighted by Gasteiger charge is 2.75. The topological polar surface area (TPSA) is 64.4 Å². The summed E-state index contributed by atoms with van der Waals surface area (Å²) >= 11 is 2.27. The molecular formula is C8H4BrF7N2O3. The first-order valence-electron chi connectivity index (χ1n) is 4.69. The molecule has 1 aromatic rings. The first kappa shape index (κ1) is 17.5. The number of rotatable bonds is 3. The van der Waals surface area contributed by atoms with E-state index in [-0.39, 0.29) is 4.68 Å². The van der Waals surface area contributed by atoms with E-state index in [2.05, 4.69) is 25.8 Å². The van der Waals surface area contributed by atoms with Gasteiger partial charge < -0.3 is 9.84 Å². The summed E-state index contributed by atoms with van der Waals surface area (Å²) in [5, 5.41) is 11.1. The van der Waals surface area contributed by atoms with Crippen molar-refractivity contribution in [3.63, 3.8) is 0 Å². The van der Waals surface area contributed by atoms with Gasteiger partial charge in [0, 0.05) is 7.05 Å². The molecule has 0 aliphatic rings. The van der Waals surface area contributed by atoms with Gasteiger partial charge in [0.2, 0.25) is 5.88 Å². The summed E-state index contributed by atoms with van der Waals surface area (Å²) in [6, 6.07) is 0. The normalized spacial score (nSPS) is 13.4. The average molecular weight is 389 g/mol. The van der Waals surface area contributed by atoms with Crippen LogP contribution in [-0.4, -0.2) is 33.1 Å². The van der Waals surface area contributed by atoms with Gasteiger partial charge in [0.25, 0.3) is 0 Å². The van der Waals surface area contributed by atoms with E-state index in [0.717, 1.165) is 7.05 Å². The highest BCUT2D eigenvalue weighted by atomic mass is 79.9. The maximum atomic E-state index is 13.4. The number of carboxylic acid groups (broad SMARTS) is 1. The number of ether oxygens (including phenoxy) is 1. The predicted octanol–water partition coefficient (Wildman–Crippen LogP) is 3.53. The van der Waals surface area contributed by atoms with E-state index >= 15 is 0 Å². The van der Waals surface area contributed by atoms with Crippen LogP contribution >= 0.6 is 15.9 Å². The molecule has 21 heavy (non-hydrogen) atoms. The van der Waals surface area contributed by atoms with E-state index in [1.54, 1.807) is 0 Å². The van der Waals surface area contributed by atoms with Crippen LogP contribution < -0.4 is 4.74 Å². The lowest BCUT2D eigenvalue weighted by Crippen LogP contribution is -2.50. The van der Waals surface area contributed by atoms with Crippen LogP contribution in [0.1, 0.15) is 5.69 Å². The molecule has 0 bridgehead atoms. The minimum Gasteiger partial charge on any atom is -0.449 e. The maximum Gasteiger partial charge on any atom is 0.512 e. The van der Waals surface area contributed by atoms with Gasteiger partial charge in [-0.15, -0.1) is 0 Å². The van der Waals surface area contributed by atoms with Crippen molar-refractivity contribution in [1.29, 1.82) is 0 Å². The third kappa shape index (κ3) is 2.78. The van der Waals surface area contributed by atoms with Gasteiger partial charge in [0.1, 0.15) is 4.47 Å². The molecule has 120 valence electrons. The Kier molecular flexibility index (Phi) is 4.20. The molecule has 0 aromatic carbocycles. The molecule has 0 aliphatic heterocycles. The van der Waals surface area contributed by atoms with Gasteiger partial charge in [-0.1, -0.05) is 0 Å². The smallest absolute Gasteiger partial charge is 0.449 e. The van der Waals surface area contributed by atoms with Crippen LogP contribution in [0.3, 0.4) is 0 Å². The summed E-state index contributed by atoms with van der Waals surface area (Å²) in [7, 11) is 0.814. The minimum absolute atomic E-state index is 0.272. The number of carbonyl (C=O) groups is 1. The number of alkyl halides is 7. The summed E-state index contributed by atoms with van der Waals surface area (Å²) in [6.07, 6.45) is -8.54. The molecule has 1 rings (SSSR count). The highest BCUT2D eigenvalue weighted by Crippen LogP contribution is 2.53. The van der Waals surface area contributed by atoms with Crippen LogP contribution in [0.5, 0.6) is 5.88 Å². The molecule has 0 amide bonds. The second kappa shape index (κ2) is 5.03. The third-order valence-electron chi connectivity index (χ3n) is 2.17. The fourth-order valence-electron chi connectivity index (χ4n) is 1.20. The number of nitrogens with zero attached hydrogens (tertiary/aromatic N) is 2. The zero-order chi connectivity index (χ0) is 16.8. The largest absolute Gasteiger partial charge is 0.512 e. The second-order valence-electron chi connectivity index (χ2n) is 3.61. The number of hydrogen-bond donors (Lipinski definition) is 1. The Hall–Kier alpha value is -1.53. The van der Waals surface area contributed by atoms with Crippen molar-refractivity contribution >= 4 is 22.1 Å². The lowest BCUT2D eigenvalue weighted by molar-refractivity contribution is -0.360. The van der Waals surface area contributed by atoms with Crippen molar-refractivity contribution in [3.05, 3.63) is 10.2 Å². The Morgan fingerprint density at radius 3 is 2.10 bits per heavy atom. The fraction of sp³-hybridized carbons (Fsp3) is 0.500. The minimum atomic E-state index is -6.54. The van der Waals surface area contributed by atoms with Crippen LogP contribution in [-0.2, 0) is 13.0 Å². The predicted molar refractivity (Wildman–Crippen MR) is 54.5 cm³/mol. The molecule has 0 atom stereocenters. The van der Waals surface area contributed by atoms with Crippen LogP contribution in [0, 0.1) is 0 Å². The van der Waals surface area contributed by atoms with Crippen molar-refractivity contribution in [2.24, 2.45) is 7.05 Å². The first-order chi connectivity index (χ1) is 9.23. The molecule has 0 unspecified atom stereocenters. The molecule has 0 aliphatic carbocycles. The van der Waals surface area contributed by atoms with Crippen LogP contribution in [0.4, 0.5) is 35.5 Å². The molecular weight excluding hydrogens is 385 g/mol. The van der Waals surface area contributed by atoms with Gasteiger partial charge in [-0.2, -0.15) is 35.8 Å². The monoisotopic (exact) mass is 388 g/mol. The van der Waals surface area contributed by atoms with E-state index in [4.69, 9.17) is 5.11 Å². The maximum absolute atomic E-state index is 13.4. The summed E-state index contributed by atoms with van der Waals surface area (Å²) in [4.78, 5) is 10.3. The van der Waals surface area contributed by atoms with E-state index < -0.39 is 40.2 Å². The Morgan fingerprint density at radius 1 is 1.24 bits per heavy atom. The van der Waals surface area contributed by atoms with Crippen molar-refractivity contribution in [3.8, 4) is 5.88 Å². The fourth-order valence-corrected chi connectivity index (χ4v) is 1.87. The van der Waals surface area contributed by atoms with Gasteiger partial charge in [0.05, 0.1) is 0 Å². The zero-order valence-electron chi connectivity index (χ0n) is 9.68. The van der Waals surface area contributed by atoms with Crippen molar-refractivity contribution in [2.75, 3.05) is 0 Å². The molecule has 13 heteroatoms. The van der Waals surface area contributed by atoms with E-state index in [0.29, 0.717) is 0 Å². The van der Waals surface area contributed by atoms with Crippen molar-refractivity contribution < 1.29 is 45.4 Å². The van der Waals surface area contributed by atoms with Crippen LogP contribution in [0.15, 0.2) is 4.47 Å². The highest BCUT2D eigenvalue weighted by molar-refractivity contribution is 9.10. The number of hydrogen-bond acceptors (Lipinski definition) is 3. The molecule has 1 heterocycles. The molecule has 1 aromatic heterocycles. The Labute approximate surface area is 119 Å². The standard InChI is InChI=1S/C8H4BrF7N2O3/c1-18-4(21-5(19)20)2(9)3(17-18)6(10,11)7(12,13)8(14,15)16/h1H3,(H,19,20). The Morgan fingerprint density at radius 2 is 1.71 bits per heavy atom. The molecule has 5 nitrogen and oxygen atoms in total. The second-order valence-corrected chi connectivity index (χ2v) is 4.40. The Bertz CT molecular complexity index is 569. The van der Waals surface area contributed by atoms with E-state index in [9.17, 15) is 35.5 Å². The number of halogens is 8.